The lowest BCUT2D eigenvalue weighted by atomic mass is 9.96. The van der Waals surface area contributed by atoms with E-state index >= 15 is 0 Å². The highest BCUT2D eigenvalue weighted by molar-refractivity contribution is 5.93. The van der Waals surface area contributed by atoms with Gasteiger partial charge in [-0.15, -0.1) is 0 Å². The minimum atomic E-state index is 0.164. The van der Waals surface area contributed by atoms with Crippen LogP contribution in [0, 0.1) is 0 Å². The van der Waals surface area contributed by atoms with Crippen molar-refractivity contribution < 1.29 is 9.53 Å². The van der Waals surface area contributed by atoms with E-state index in [9.17, 15) is 4.79 Å². The average molecular weight is 342 g/mol. The van der Waals surface area contributed by atoms with Crippen LogP contribution in [-0.2, 0) is 11.3 Å². The molecule has 1 saturated heterocycles. The minimum Gasteiger partial charge on any atom is -0.383 e. The van der Waals surface area contributed by atoms with E-state index in [2.05, 4.69) is 14.1 Å². The number of imidazole rings is 1. The van der Waals surface area contributed by atoms with Gasteiger partial charge in [0.1, 0.15) is 11.5 Å². The van der Waals surface area contributed by atoms with Gasteiger partial charge in [-0.1, -0.05) is 0 Å². The smallest absolute Gasteiger partial charge is 0.270 e. The van der Waals surface area contributed by atoms with Crippen LogP contribution in [0.5, 0.6) is 0 Å². The molecule has 1 aliphatic heterocycles. The van der Waals surface area contributed by atoms with Crippen LogP contribution in [0.2, 0.25) is 0 Å². The molecule has 1 saturated carbocycles. The maximum atomic E-state index is 13.0. The Balaban J connectivity index is 1.48. The molecule has 2 aromatic rings. The van der Waals surface area contributed by atoms with Gasteiger partial charge < -0.3 is 18.8 Å². The van der Waals surface area contributed by atoms with Crippen molar-refractivity contribution in [3.8, 4) is 0 Å². The molecule has 25 heavy (non-hydrogen) atoms. The molecule has 1 atom stereocenters. The highest BCUT2D eigenvalue weighted by Crippen LogP contribution is 2.36. The van der Waals surface area contributed by atoms with E-state index in [4.69, 9.17) is 4.74 Å². The molecule has 0 unspecified atom stereocenters. The number of piperidine rings is 1. The third kappa shape index (κ3) is 3.35. The van der Waals surface area contributed by atoms with Gasteiger partial charge in [0.15, 0.2) is 0 Å². The molecule has 1 amide bonds. The van der Waals surface area contributed by atoms with Gasteiger partial charge in [0.25, 0.3) is 5.91 Å². The van der Waals surface area contributed by atoms with Gasteiger partial charge >= 0.3 is 0 Å². The van der Waals surface area contributed by atoms with Crippen molar-refractivity contribution in [1.29, 1.82) is 0 Å². The summed E-state index contributed by atoms with van der Waals surface area (Å²) in [5, 5.41) is 0. The van der Waals surface area contributed by atoms with Gasteiger partial charge in [-0.3, -0.25) is 4.79 Å². The van der Waals surface area contributed by atoms with Crippen LogP contribution in [0.3, 0.4) is 0 Å². The lowest BCUT2D eigenvalue weighted by molar-refractivity contribution is 0.0691. The molecule has 6 heteroatoms. The summed E-state index contributed by atoms with van der Waals surface area (Å²) in [6, 6.07) is 4.48. The second-order valence-corrected chi connectivity index (χ2v) is 7.09. The number of rotatable bonds is 6. The van der Waals surface area contributed by atoms with Gasteiger partial charge in [0.05, 0.1) is 6.61 Å². The summed E-state index contributed by atoms with van der Waals surface area (Å²) in [5.74, 6) is 1.54. The normalized spacial score (nSPS) is 20.8. The van der Waals surface area contributed by atoms with E-state index < -0.39 is 0 Å². The average Bonchev–Trinajstić information content (AvgIpc) is 3.19. The summed E-state index contributed by atoms with van der Waals surface area (Å²) in [5.41, 5.74) is 0.839. The molecule has 4 rings (SSSR count). The number of amides is 1. The molecule has 1 aliphatic carbocycles. The van der Waals surface area contributed by atoms with E-state index in [1.165, 1.54) is 12.8 Å². The number of hydrogen-bond donors (Lipinski definition) is 0. The third-order valence-electron chi connectivity index (χ3n) is 5.30. The molecule has 0 radical (unpaired) electrons. The lowest BCUT2D eigenvalue weighted by Gasteiger charge is -2.33. The molecule has 0 N–H and O–H groups in total. The Morgan fingerprint density at radius 2 is 2.20 bits per heavy atom. The molecular formula is C19H26N4O2. The molecule has 6 nitrogen and oxygen atoms in total. The standard InChI is InChI=1S/C19H26N4O2/c1-25-13-12-21-11-8-20-18(21)15-4-2-9-22(14-15)19(24)17-5-3-10-23(17)16-6-7-16/h3,5,8,10-11,15-16H,2,4,6-7,9,12-14H2,1H3/t15-/m0/s1. The fraction of sp³-hybridized carbons (Fsp3) is 0.579. The highest BCUT2D eigenvalue weighted by atomic mass is 16.5. The van der Waals surface area contributed by atoms with Crippen molar-refractivity contribution in [1.82, 2.24) is 19.0 Å². The topological polar surface area (TPSA) is 52.3 Å². The Hall–Kier alpha value is -2.08. The number of hydrogen-bond acceptors (Lipinski definition) is 3. The fourth-order valence-electron chi connectivity index (χ4n) is 3.84. The summed E-state index contributed by atoms with van der Waals surface area (Å²) in [4.78, 5) is 19.6. The van der Waals surface area contributed by atoms with Crippen LogP contribution in [-0.4, -0.2) is 51.7 Å². The second-order valence-electron chi connectivity index (χ2n) is 7.09. The molecule has 0 bridgehead atoms. The third-order valence-corrected chi connectivity index (χ3v) is 5.30. The van der Waals surface area contributed by atoms with Crippen molar-refractivity contribution in [3.63, 3.8) is 0 Å². The Kier molecular flexibility index (Phi) is 4.61. The van der Waals surface area contributed by atoms with Crippen LogP contribution >= 0.6 is 0 Å². The van der Waals surface area contributed by atoms with Crippen molar-refractivity contribution in [2.75, 3.05) is 26.8 Å². The Morgan fingerprint density at radius 3 is 3.00 bits per heavy atom. The predicted octanol–water partition coefficient (Wildman–Crippen LogP) is 2.69. The first-order valence-corrected chi connectivity index (χ1v) is 9.24. The second kappa shape index (κ2) is 7.04. The number of aromatic nitrogens is 3. The summed E-state index contributed by atoms with van der Waals surface area (Å²) in [7, 11) is 1.71. The molecule has 3 heterocycles. The van der Waals surface area contributed by atoms with Crippen molar-refractivity contribution in [2.24, 2.45) is 0 Å². The van der Waals surface area contributed by atoms with Crippen LogP contribution in [0.25, 0.3) is 0 Å². The highest BCUT2D eigenvalue weighted by Gasteiger charge is 2.31. The van der Waals surface area contributed by atoms with Gasteiger partial charge in [0, 0.05) is 57.3 Å². The number of ether oxygens (including phenoxy) is 1. The van der Waals surface area contributed by atoms with E-state index in [0.717, 1.165) is 44.0 Å². The predicted molar refractivity (Wildman–Crippen MR) is 94.7 cm³/mol. The summed E-state index contributed by atoms with van der Waals surface area (Å²) in [6.07, 6.45) is 10.4. The molecule has 2 aliphatic rings. The van der Waals surface area contributed by atoms with Crippen molar-refractivity contribution >= 4 is 5.91 Å². The molecule has 2 aromatic heterocycles. The van der Waals surface area contributed by atoms with Gasteiger partial charge in [-0.05, 0) is 37.8 Å². The maximum Gasteiger partial charge on any atom is 0.270 e. The Bertz CT molecular complexity index is 731. The number of methoxy groups -OCH3 is 1. The first-order chi connectivity index (χ1) is 12.3. The minimum absolute atomic E-state index is 0.164. The van der Waals surface area contributed by atoms with Crippen molar-refractivity contribution in [2.45, 2.75) is 44.2 Å². The Labute approximate surface area is 148 Å². The first-order valence-electron chi connectivity index (χ1n) is 9.24. The molecule has 2 fully saturated rings. The lowest BCUT2D eigenvalue weighted by Crippen LogP contribution is -2.40. The zero-order valence-corrected chi connectivity index (χ0v) is 14.8. The van der Waals surface area contributed by atoms with Gasteiger partial charge in [0.2, 0.25) is 0 Å². The number of nitrogens with zero attached hydrogens (tertiary/aromatic N) is 4. The van der Waals surface area contributed by atoms with Gasteiger partial charge in [-0.25, -0.2) is 4.98 Å². The monoisotopic (exact) mass is 342 g/mol. The summed E-state index contributed by atoms with van der Waals surface area (Å²) >= 11 is 0. The zero-order chi connectivity index (χ0) is 17.2. The van der Waals surface area contributed by atoms with E-state index in [-0.39, 0.29) is 5.91 Å². The van der Waals surface area contributed by atoms with Crippen LogP contribution in [0.1, 0.15) is 54.0 Å². The summed E-state index contributed by atoms with van der Waals surface area (Å²) < 4.78 is 9.51. The van der Waals surface area contributed by atoms with Gasteiger partial charge in [-0.2, -0.15) is 0 Å². The molecular weight excluding hydrogens is 316 g/mol. The van der Waals surface area contributed by atoms with Crippen LogP contribution in [0.4, 0.5) is 0 Å². The van der Waals surface area contributed by atoms with Crippen molar-refractivity contribution in [3.05, 3.63) is 42.2 Å². The summed E-state index contributed by atoms with van der Waals surface area (Å²) in [6.45, 7) is 3.07. The maximum absolute atomic E-state index is 13.0. The van der Waals surface area contributed by atoms with E-state index in [0.29, 0.717) is 18.6 Å². The van der Waals surface area contributed by atoms with E-state index in [1.54, 1.807) is 7.11 Å². The SMILES string of the molecule is COCCn1ccnc1[C@H]1CCCN(C(=O)c2cccn2C2CC2)C1. The largest absolute Gasteiger partial charge is 0.383 e. The fourth-order valence-corrected chi connectivity index (χ4v) is 3.84. The van der Waals surface area contributed by atoms with Crippen LogP contribution < -0.4 is 0 Å². The number of likely N-dealkylation sites (tertiary alicyclic amines) is 1. The molecule has 0 aromatic carbocycles. The molecule has 134 valence electrons. The number of carbonyl (C=O) groups excluding carboxylic acids is 1. The number of carbonyl (C=O) groups is 1. The molecule has 0 spiro atoms. The van der Waals surface area contributed by atoms with Crippen LogP contribution in [0.15, 0.2) is 30.7 Å². The van der Waals surface area contributed by atoms with E-state index in [1.807, 2.05) is 35.6 Å². The quantitative estimate of drug-likeness (QED) is 0.811. The Morgan fingerprint density at radius 1 is 1.32 bits per heavy atom. The first kappa shape index (κ1) is 16.4. The zero-order valence-electron chi connectivity index (χ0n) is 14.8.